The van der Waals surface area contributed by atoms with Gasteiger partial charge < -0.3 is 9.88 Å². The summed E-state index contributed by atoms with van der Waals surface area (Å²) in [5, 5.41) is 14.3. The summed E-state index contributed by atoms with van der Waals surface area (Å²) < 4.78 is 2.33. The third-order valence-electron chi connectivity index (χ3n) is 5.66. The Kier molecular flexibility index (Phi) is 4.57. The van der Waals surface area contributed by atoms with Gasteiger partial charge in [-0.15, -0.1) is 0 Å². The first-order valence-corrected chi connectivity index (χ1v) is 9.81. The Bertz CT molecular complexity index is 1010. The summed E-state index contributed by atoms with van der Waals surface area (Å²) in [6.07, 6.45) is 3.46. The zero-order valence-corrected chi connectivity index (χ0v) is 16.6. The van der Waals surface area contributed by atoms with Crippen molar-refractivity contribution in [1.82, 2.24) is 9.55 Å². The fourth-order valence-corrected chi connectivity index (χ4v) is 4.79. The van der Waals surface area contributed by atoms with Crippen LogP contribution in [0.3, 0.4) is 0 Å². The van der Waals surface area contributed by atoms with Crippen molar-refractivity contribution < 1.29 is 4.92 Å². The third-order valence-corrected chi connectivity index (χ3v) is 5.66. The molecule has 28 heavy (non-hydrogen) atoms. The summed E-state index contributed by atoms with van der Waals surface area (Å²) in [4.78, 5) is 15.4. The highest BCUT2D eigenvalue weighted by Crippen LogP contribution is 2.46. The first kappa shape index (κ1) is 18.5. The van der Waals surface area contributed by atoms with Crippen molar-refractivity contribution in [1.29, 1.82) is 0 Å². The molecule has 6 heteroatoms. The molecule has 0 unspecified atom stereocenters. The molecule has 0 aliphatic heterocycles. The van der Waals surface area contributed by atoms with Crippen LogP contribution in [-0.4, -0.2) is 14.5 Å². The average Bonchev–Trinajstić information content (AvgIpc) is 2.98. The van der Waals surface area contributed by atoms with E-state index in [1.165, 1.54) is 18.6 Å². The highest BCUT2D eigenvalue weighted by atomic mass is 16.6. The van der Waals surface area contributed by atoms with E-state index in [4.69, 9.17) is 4.98 Å². The van der Waals surface area contributed by atoms with Crippen LogP contribution < -0.4 is 5.32 Å². The molecule has 0 spiro atoms. The van der Waals surface area contributed by atoms with Gasteiger partial charge in [0.25, 0.3) is 5.69 Å². The van der Waals surface area contributed by atoms with E-state index in [1.54, 1.807) is 12.1 Å². The van der Waals surface area contributed by atoms with E-state index in [2.05, 4.69) is 36.7 Å². The molecule has 1 saturated carbocycles. The van der Waals surface area contributed by atoms with Gasteiger partial charge in [-0.1, -0.05) is 32.9 Å². The number of hydrogen-bond acceptors (Lipinski definition) is 4. The van der Waals surface area contributed by atoms with Gasteiger partial charge in [-0.25, -0.2) is 4.98 Å². The largest absolute Gasteiger partial charge is 0.326 e. The predicted octanol–water partition coefficient (Wildman–Crippen LogP) is 6.08. The molecule has 3 aromatic rings. The summed E-state index contributed by atoms with van der Waals surface area (Å²) in [6.45, 7) is 7.02. The molecule has 1 fully saturated rings. The second-order valence-electron chi connectivity index (χ2n) is 8.79. The fraction of sp³-hybridized carbons (Fsp3) is 0.409. The Morgan fingerprint density at radius 2 is 1.86 bits per heavy atom. The van der Waals surface area contributed by atoms with Gasteiger partial charge in [0.2, 0.25) is 5.95 Å². The van der Waals surface area contributed by atoms with E-state index in [9.17, 15) is 10.1 Å². The normalized spacial score (nSPS) is 21.5. The zero-order chi connectivity index (χ0) is 19.9. The summed E-state index contributed by atoms with van der Waals surface area (Å²) in [5.74, 6) is 1.45. The van der Waals surface area contributed by atoms with Crippen LogP contribution in [0, 0.1) is 21.4 Å². The number of hydrogen-bond donors (Lipinski definition) is 1. The van der Waals surface area contributed by atoms with Crippen LogP contribution in [0.1, 0.15) is 46.1 Å². The lowest BCUT2D eigenvalue weighted by Gasteiger charge is -2.40. The van der Waals surface area contributed by atoms with Gasteiger partial charge in [0.1, 0.15) is 0 Å². The maximum absolute atomic E-state index is 10.9. The standard InChI is InChI=1S/C22H26N4O2/c1-15-12-18(14-22(2,3)13-15)25-20-7-5-4-6-19(20)24-21(25)23-16-8-10-17(11-9-16)26(27)28/h4-11,15,18H,12-14H2,1-3H3,(H,23,24)/t15-,18-/m0/s1. The van der Waals surface area contributed by atoms with E-state index in [0.29, 0.717) is 17.4 Å². The van der Waals surface area contributed by atoms with Crippen LogP contribution in [0.15, 0.2) is 48.5 Å². The summed E-state index contributed by atoms with van der Waals surface area (Å²) in [5.41, 5.74) is 3.26. The molecule has 2 aromatic carbocycles. The number of aromatic nitrogens is 2. The number of nitro benzene ring substituents is 1. The average molecular weight is 378 g/mol. The topological polar surface area (TPSA) is 73.0 Å². The second kappa shape index (κ2) is 6.93. The molecule has 1 aliphatic rings. The van der Waals surface area contributed by atoms with Crippen LogP contribution in [0.5, 0.6) is 0 Å². The number of para-hydroxylation sites is 2. The Labute approximate surface area is 164 Å². The smallest absolute Gasteiger partial charge is 0.269 e. The van der Waals surface area contributed by atoms with E-state index in [0.717, 1.165) is 35.5 Å². The van der Waals surface area contributed by atoms with E-state index in [1.807, 2.05) is 18.2 Å². The Morgan fingerprint density at radius 3 is 2.54 bits per heavy atom. The first-order valence-electron chi connectivity index (χ1n) is 9.81. The number of benzene rings is 2. The van der Waals surface area contributed by atoms with Crippen molar-refractivity contribution >= 4 is 28.4 Å². The van der Waals surface area contributed by atoms with Gasteiger partial charge in [0, 0.05) is 23.9 Å². The number of non-ortho nitro benzene ring substituents is 1. The number of fused-ring (bicyclic) bond motifs is 1. The van der Waals surface area contributed by atoms with Crippen molar-refractivity contribution in [3.05, 3.63) is 58.6 Å². The van der Waals surface area contributed by atoms with Crippen LogP contribution >= 0.6 is 0 Å². The highest BCUT2D eigenvalue weighted by Gasteiger charge is 2.34. The molecule has 4 rings (SSSR count). The molecule has 0 radical (unpaired) electrons. The Morgan fingerprint density at radius 1 is 1.14 bits per heavy atom. The molecule has 0 bridgehead atoms. The molecule has 1 aliphatic carbocycles. The Hall–Kier alpha value is -2.89. The van der Waals surface area contributed by atoms with Gasteiger partial charge in [0.05, 0.1) is 16.0 Å². The Balaban J connectivity index is 1.74. The van der Waals surface area contributed by atoms with Crippen molar-refractivity contribution in [3.8, 4) is 0 Å². The van der Waals surface area contributed by atoms with Crippen molar-refractivity contribution in [2.45, 2.75) is 46.1 Å². The van der Waals surface area contributed by atoms with Gasteiger partial charge in [-0.3, -0.25) is 10.1 Å². The number of nitro groups is 1. The summed E-state index contributed by atoms with van der Waals surface area (Å²) in [7, 11) is 0. The lowest BCUT2D eigenvalue weighted by Crippen LogP contribution is -2.29. The molecule has 0 amide bonds. The highest BCUT2D eigenvalue weighted by molar-refractivity contribution is 5.80. The molecule has 1 aromatic heterocycles. The molecule has 1 N–H and O–H groups in total. The fourth-order valence-electron chi connectivity index (χ4n) is 4.79. The third kappa shape index (κ3) is 3.59. The molecule has 146 valence electrons. The van der Waals surface area contributed by atoms with Gasteiger partial charge >= 0.3 is 0 Å². The minimum absolute atomic E-state index is 0.0851. The molecule has 2 atom stereocenters. The SMILES string of the molecule is C[C@H]1C[C@H](n2c(Nc3ccc([N+](=O)[O-])cc3)nc3ccccc32)CC(C)(C)C1. The maximum atomic E-state index is 10.9. The summed E-state index contributed by atoms with van der Waals surface area (Å²) >= 11 is 0. The van der Waals surface area contributed by atoms with E-state index < -0.39 is 0 Å². The van der Waals surface area contributed by atoms with Crippen molar-refractivity contribution in [2.75, 3.05) is 5.32 Å². The molecule has 1 heterocycles. The monoisotopic (exact) mass is 378 g/mol. The second-order valence-corrected chi connectivity index (χ2v) is 8.79. The predicted molar refractivity (Wildman–Crippen MR) is 112 cm³/mol. The number of anilines is 2. The molecule has 6 nitrogen and oxygen atoms in total. The first-order chi connectivity index (χ1) is 13.3. The van der Waals surface area contributed by atoms with Crippen LogP contribution in [0.4, 0.5) is 17.3 Å². The van der Waals surface area contributed by atoms with Gasteiger partial charge in [-0.2, -0.15) is 0 Å². The maximum Gasteiger partial charge on any atom is 0.269 e. The molecular weight excluding hydrogens is 352 g/mol. The zero-order valence-electron chi connectivity index (χ0n) is 16.6. The van der Waals surface area contributed by atoms with Crippen molar-refractivity contribution in [3.63, 3.8) is 0 Å². The number of imidazole rings is 1. The quantitative estimate of drug-likeness (QED) is 0.441. The van der Waals surface area contributed by atoms with Gasteiger partial charge in [-0.05, 0) is 54.9 Å². The molecular formula is C22H26N4O2. The van der Waals surface area contributed by atoms with Crippen LogP contribution in [-0.2, 0) is 0 Å². The molecule has 0 saturated heterocycles. The minimum atomic E-state index is -0.384. The minimum Gasteiger partial charge on any atom is -0.326 e. The summed E-state index contributed by atoms with van der Waals surface area (Å²) in [6, 6.07) is 15.1. The number of nitrogens with zero attached hydrogens (tertiary/aromatic N) is 3. The van der Waals surface area contributed by atoms with Crippen LogP contribution in [0.25, 0.3) is 11.0 Å². The van der Waals surface area contributed by atoms with Gasteiger partial charge in [0.15, 0.2) is 0 Å². The number of nitrogens with one attached hydrogen (secondary N) is 1. The van der Waals surface area contributed by atoms with E-state index >= 15 is 0 Å². The lowest BCUT2D eigenvalue weighted by atomic mass is 9.70. The van der Waals surface area contributed by atoms with E-state index in [-0.39, 0.29) is 10.6 Å². The van der Waals surface area contributed by atoms with Crippen LogP contribution in [0.2, 0.25) is 0 Å². The van der Waals surface area contributed by atoms with Crippen molar-refractivity contribution in [2.24, 2.45) is 11.3 Å². The lowest BCUT2D eigenvalue weighted by molar-refractivity contribution is -0.384. The number of rotatable bonds is 4.